The van der Waals surface area contributed by atoms with E-state index in [9.17, 15) is 9.18 Å². The summed E-state index contributed by atoms with van der Waals surface area (Å²) >= 11 is 1.64. The minimum absolute atomic E-state index is 0.246. The number of benzene rings is 2. The second kappa shape index (κ2) is 6.69. The van der Waals surface area contributed by atoms with Gasteiger partial charge < -0.3 is 5.32 Å². The SMILES string of the molecule is Cc1ccc(-c2cc(C(=O)Nc3ccc(F)cc3)c3ccccc3n2)s1. The number of aromatic nitrogens is 1. The van der Waals surface area contributed by atoms with Crippen molar-refractivity contribution in [3.8, 4) is 10.6 Å². The van der Waals surface area contributed by atoms with E-state index < -0.39 is 0 Å². The lowest BCUT2D eigenvalue weighted by Crippen LogP contribution is -2.13. The summed E-state index contributed by atoms with van der Waals surface area (Å²) in [6.07, 6.45) is 0. The van der Waals surface area contributed by atoms with Gasteiger partial charge in [-0.25, -0.2) is 9.37 Å². The number of hydrogen-bond donors (Lipinski definition) is 1. The first-order valence-corrected chi connectivity index (χ1v) is 8.95. The number of pyridine rings is 1. The van der Waals surface area contributed by atoms with E-state index in [4.69, 9.17) is 4.98 Å². The number of aryl methyl sites for hydroxylation is 1. The standard InChI is InChI=1S/C21H15FN2OS/c1-13-6-11-20(26-13)19-12-17(16-4-2-3-5-18(16)24-19)21(25)23-15-9-7-14(22)8-10-15/h2-12H,1H3,(H,23,25). The number of hydrogen-bond acceptors (Lipinski definition) is 3. The van der Waals surface area contributed by atoms with E-state index in [2.05, 4.69) is 5.32 Å². The number of nitrogens with zero attached hydrogens (tertiary/aromatic N) is 1. The Morgan fingerprint density at radius 1 is 1.04 bits per heavy atom. The van der Waals surface area contributed by atoms with Crippen molar-refractivity contribution in [2.45, 2.75) is 6.92 Å². The Morgan fingerprint density at radius 3 is 2.54 bits per heavy atom. The topological polar surface area (TPSA) is 42.0 Å². The van der Waals surface area contributed by atoms with Gasteiger partial charge in [0.2, 0.25) is 0 Å². The summed E-state index contributed by atoms with van der Waals surface area (Å²) in [5.41, 5.74) is 2.62. The molecule has 0 radical (unpaired) electrons. The molecule has 0 fully saturated rings. The Kier molecular flexibility index (Phi) is 4.22. The van der Waals surface area contributed by atoms with Crippen molar-refractivity contribution in [2.75, 3.05) is 5.32 Å². The van der Waals surface area contributed by atoms with Crippen LogP contribution in [0.25, 0.3) is 21.5 Å². The first-order chi connectivity index (χ1) is 12.6. The molecule has 1 N–H and O–H groups in total. The number of anilines is 1. The number of halogens is 1. The van der Waals surface area contributed by atoms with Crippen LogP contribution in [0.4, 0.5) is 10.1 Å². The summed E-state index contributed by atoms with van der Waals surface area (Å²) in [5.74, 6) is -0.586. The molecule has 1 amide bonds. The zero-order valence-corrected chi connectivity index (χ0v) is 14.8. The largest absolute Gasteiger partial charge is 0.322 e. The molecule has 2 aromatic heterocycles. The lowest BCUT2D eigenvalue weighted by molar-refractivity contribution is 0.102. The Hall–Kier alpha value is -3.05. The molecule has 0 spiro atoms. The fraction of sp³-hybridized carbons (Fsp3) is 0.0476. The smallest absolute Gasteiger partial charge is 0.256 e. The number of carbonyl (C=O) groups excluding carboxylic acids is 1. The highest BCUT2D eigenvalue weighted by Gasteiger charge is 2.15. The average Bonchev–Trinajstić information content (AvgIpc) is 3.09. The molecular formula is C21H15FN2OS. The molecule has 3 nitrogen and oxygen atoms in total. The van der Waals surface area contributed by atoms with Crippen LogP contribution in [0.2, 0.25) is 0 Å². The predicted octanol–water partition coefficient (Wildman–Crippen LogP) is 5.66. The second-order valence-electron chi connectivity index (χ2n) is 5.94. The van der Waals surface area contributed by atoms with Gasteiger partial charge in [-0.1, -0.05) is 18.2 Å². The number of rotatable bonds is 3. The normalized spacial score (nSPS) is 10.8. The van der Waals surface area contributed by atoms with Crippen molar-refractivity contribution in [3.63, 3.8) is 0 Å². The third-order valence-corrected chi connectivity index (χ3v) is 5.08. The first-order valence-electron chi connectivity index (χ1n) is 8.14. The van der Waals surface area contributed by atoms with Gasteiger partial charge >= 0.3 is 0 Å². The molecule has 0 saturated carbocycles. The number of nitrogens with one attached hydrogen (secondary N) is 1. The monoisotopic (exact) mass is 362 g/mol. The quantitative estimate of drug-likeness (QED) is 0.511. The van der Waals surface area contributed by atoms with Crippen LogP contribution in [0.5, 0.6) is 0 Å². The summed E-state index contributed by atoms with van der Waals surface area (Å²) in [7, 11) is 0. The second-order valence-corrected chi connectivity index (χ2v) is 7.23. The van der Waals surface area contributed by atoms with Crippen molar-refractivity contribution in [1.29, 1.82) is 0 Å². The van der Waals surface area contributed by atoms with Crippen LogP contribution < -0.4 is 5.32 Å². The zero-order chi connectivity index (χ0) is 18.1. The molecule has 0 aliphatic heterocycles. The third kappa shape index (κ3) is 3.21. The lowest BCUT2D eigenvalue weighted by atomic mass is 10.1. The molecule has 0 aliphatic carbocycles. The maximum Gasteiger partial charge on any atom is 0.256 e. The van der Waals surface area contributed by atoms with E-state index in [1.54, 1.807) is 23.5 Å². The summed E-state index contributed by atoms with van der Waals surface area (Å²) < 4.78 is 13.1. The van der Waals surface area contributed by atoms with Crippen molar-refractivity contribution >= 4 is 33.8 Å². The van der Waals surface area contributed by atoms with Gasteiger partial charge in [0.1, 0.15) is 5.82 Å². The van der Waals surface area contributed by atoms with Gasteiger partial charge in [0.05, 0.1) is 21.7 Å². The van der Waals surface area contributed by atoms with Gasteiger partial charge in [-0.2, -0.15) is 0 Å². The number of carbonyl (C=O) groups is 1. The van der Waals surface area contributed by atoms with Crippen LogP contribution in [0.15, 0.2) is 66.7 Å². The van der Waals surface area contributed by atoms with Crippen LogP contribution >= 0.6 is 11.3 Å². The molecule has 2 aromatic carbocycles. The van der Waals surface area contributed by atoms with E-state index in [0.29, 0.717) is 11.3 Å². The van der Waals surface area contributed by atoms with Gasteiger partial charge in [-0.15, -0.1) is 11.3 Å². The molecule has 4 rings (SSSR count). The molecule has 5 heteroatoms. The van der Waals surface area contributed by atoms with Crippen LogP contribution in [0.1, 0.15) is 15.2 Å². The van der Waals surface area contributed by atoms with E-state index in [0.717, 1.165) is 21.5 Å². The lowest BCUT2D eigenvalue weighted by Gasteiger charge is -2.10. The number of thiophene rings is 1. The van der Waals surface area contributed by atoms with Crippen molar-refractivity contribution < 1.29 is 9.18 Å². The maximum absolute atomic E-state index is 13.1. The summed E-state index contributed by atoms with van der Waals surface area (Å²) in [6, 6.07) is 19.1. The van der Waals surface area contributed by atoms with E-state index >= 15 is 0 Å². The fourth-order valence-corrected chi connectivity index (χ4v) is 3.62. The molecule has 0 aliphatic rings. The Balaban J connectivity index is 1.79. The molecule has 0 unspecified atom stereocenters. The number of amides is 1. The predicted molar refractivity (Wildman–Crippen MR) is 104 cm³/mol. The van der Waals surface area contributed by atoms with Crippen LogP contribution in [0, 0.1) is 12.7 Å². The highest BCUT2D eigenvalue weighted by molar-refractivity contribution is 7.15. The van der Waals surface area contributed by atoms with Gasteiger partial charge in [0.15, 0.2) is 0 Å². The van der Waals surface area contributed by atoms with Crippen LogP contribution in [-0.2, 0) is 0 Å². The van der Waals surface area contributed by atoms with E-state index in [-0.39, 0.29) is 11.7 Å². The van der Waals surface area contributed by atoms with Gasteiger partial charge in [0, 0.05) is 16.0 Å². The third-order valence-electron chi connectivity index (χ3n) is 4.06. The van der Waals surface area contributed by atoms with Crippen molar-refractivity contribution in [1.82, 2.24) is 4.98 Å². The fourth-order valence-electron chi connectivity index (χ4n) is 2.79. The highest BCUT2D eigenvalue weighted by atomic mass is 32.1. The molecule has 128 valence electrons. The minimum atomic E-state index is -0.340. The van der Waals surface area contributed by atoms with Gasteiger partial charge in [-0.05, 0) is 55.5 Å². The molecule has 0 bridgehead atoms. The summed E-state index contributed by atoms with van der Waals surface area (Å²) in [6.45, 7) is 2.04. The Bertz CT molecular complexity index is 1100. The van der Waals surface area contributed by atoms with E-state index in [1.807, 2.05) is 49.4 Å². The van der Waals surface area contributed by atoms with E-state index in [1.165, 1.54) is 17.0 Å². The van der Waals surface area contributed by atoms with Crippen LogP contribution in [0.3, 0.4) is 0 Å². The molecule has 26 heavy (non-hydrogen) atoms. The summed E-state index contributed by atoms with van der Waals surface area (Å²) in [5, 5.41) is 3.61. The number of fused-ring (bicyclic) bond motifs is 1. The minimum Gasteiger partial charge on any atom is -0.322 e. The molecule has 2 heterocycles. The Labute approximate surface area is 154 Å². The molecule has 0 saturated heterocycles. The molecular weight excluding hydrogens is 347 g/mol. The zero-order valence-electron chi connectivity index (χ0n) is 14.0. The highest BCUT2D eigenvalue weighted by Crippen LogP contribution is 2.30. The number of para-hydroxylation sites is 1. The molecule has 0 atom stereocenters. The summed E-state index contributed by atoms with van der Waals surface area (Å²) in [4.78, 5) is 19.8. The maximum atomic E-state index is 13.1. The Morgan fingerprint density at radius 2 is 1.81 bits per heavy atom. The molecule has 4 aromatic rings. The van der Waals surface area contributed by atoms with Crippen molar-refractivity contribution in [2.24, 2.45) is 0 Å². The van der Waals surface area contributed by atoms with Gasteiger partial charge in [-0.3, -0.25) is 4.79 Å². The van der Waals surface area contributed by atoms with Crippen molar-refractivity contribution in [3.05, 3.63) is 83.0 Å². The average molecular weight is 362 g/mol. The first kappa shape index (κ1) is 16.4. The van der Waals surface area contributed by atoms with Crippen LogP contribution in [-0.4, -0.2) is 10.9 Å². The van der Waals surface area contributed by atoms with Gasteiger partial charge in [0.25, 0.3) is 5.91 Å².